The lowest BCUT2D eigenvalue weighted by Gasteiger charge is -2.38. The van der Waals surface area contributed by atoms with Gasteiger partial charge < -0.3 is 14.2 Å². The van der Waals surface area contributed by atoms with E-state index in [4.69, 9.17) is 14.2 Å². The molecule has 1 aliphatic carbocycles. The van der Waals surface area contributed by atoms with Crippen molar-refractivity contribution in [1.29, 1.82) is 0 Å². The lowest BCUT2D eigenvalue weighted by Crippen LogP contribution is -2.45. The number of hydrogen-bond acceptors (Lipinski definition) is 4. The van der Waals surface area contributed by atoms with Crippen molar-refractivity contribution in [2.75, 3.05) is 13.9 Å². The van der Waals surface area contributed by atoms with Gasteiger partial charge in [-0.15, -0.1) is 0 Å². The van der Waals surface area contributed by atoms with Crippen molar-refractivity contribution in [2.45, 2.75) is 45.1 Å². The van der Waals surface area contributed by atoms with Crippen LogP contribution < -0.4 is 4.74 Å². The fraction of sp³-hybridized carbons (Fsp3) is 0.550. The molecule has 0 spiro atoms. The molecule has 1 aromatic rings. The molecule has 1 heterocycles. The van der Waals surface area contributed by atoms with Crippen molar-refractivity contribution in [2.24, 2.45) is 11.8 Å². The summed E-state index contributed by atoms with van der Waals surface area (Å²) in [6.45, 7) is 4.02. The number of hydrogen-bond donors (Lipinski definition) is 0. The van der Waals surface area contributed by atoms with Gasteiger partial charge in [-0.05, 0) is 36.8 Å². The first-order chi connectivity index (χ1) is 12.4. The summed E-state index contributed by atoms with van der Waals surface area (Å²) < 4.78 is 44.6. The second-order valence-corrected chi connectivity index (χ2v) is 7.08. The summed E-state index contributed by atoms with van der Waals surface area (Å²) in [6, 6.07) is 2.22. The molecule has 0 bridgehead atoms. The number of ketones is 1. The number of rotatable bonds is 6. The standard InChI is InChI=1S/C20H24F2O4/c1-4-5-13-10-20(19(9-17(13)23)25-11-26-20)12(2)6-14-7-16(22)18(24-3)8-15(14)21/h7-9,12-13H,4-6,10-11H2,1-3H3/t12?,13-,20+/m0/s1. The first-order valence-electron chi connectivity index (χ1n) is 8.96. The van der Waals surface area contributed by atoms with Crippen LogP contribution in [0.5, 0.6) is 5.75 Å². The Morgan fingerprint density at radius 3 is 2.81 bits per heavy atom. The van der Waals surface area contributed by atoms with Gasteiger partial charge in [-0.1, -0.05) is 20.3 Å². The van der Waals surface area contributed by atoms with Crippen LogP contribution in [0.4, 0.5) is 8.78 Å². The molecular formula is C20H24F2O4. The van der Waals surface area contributed by atoms with Gasteiger partial charge in [-0.2, -0.15) is 0 Å². The second-order valence-electron chi connectivity index (χ2n) is 7.08. The highest BCUT2D eigenvalue weighted by Crippen LogP contribution is 2.46. The Kier molecular flexibility index (Phi) is 5.32. The van der Waals surface area contributed by atoms with Gasteiger partial charge >= 0.3 is 0 Å². The van der Waals surface area contributed by atoms with Crippen LogP contribution in [-0.4, -0.2) is 25.3 Å². The van der Waals surface area contributed by atoms with Crippen molar-refractivity contribution in [1.82, 2.24) is 0 Å². The summed E-state index contributed by atoms with van der Waals surface area (Å²) in [7, 11) is 1.30. The van der Waals surface area contributed by atoms with Crippen LogP contribution in [0.2, 0.25) is 0 Å². The van der Waals surface area contributed by atoms with Gasteiger partial charge in [-0.25, -0.2) is 8.78 Å². The molecule has 1 aromatic carbocycles. The van der Waals surface area contributed by atoms with Gasteiger partial charge in [-0.3, -0.25) is 4.79 Å². The van der Waals surface area contributed by atoms with E-state index in [1.165, 1.54) is 13.2 Å². The lowest BCUT2D eigenvalue weighted by atomic mass is 9.71. The fourth-order valence-corrected chi connectivity index (χ4v) is 3.98. The minimum absolute atomic E-state index is 0.0526. The minimum Gasteiger partial charge on any atom is -0.494 e. The zero-order chi connectivity index (χ0) is 18.9. The number of methoxy groups -OCH3 is 1. The van der Waals surface area contributed by atoms with Gasteiger partial charge in [0, 0.05) is 18.1 Å². The number of ether oxygens (including phenoxy) is 3. The maximum Gasteiger partial charge on any atom is 0.189 e. The Morgan fingerprint density at radius 1 is 1.35 bits per heavy atom. The highest BCUT2D eigenvalue weighted by Gasteiger charge is 2.51. The van der Waals surface area contributed by atoms with E-state index in [1.807, 2.05) is 13.8 Å². The third-order valence-corrected chi connectivity index (χ3v) is 5.45. The van der Waals surface area contributed by atoms with Crippen LogP contribution in [0, 0.1) is 23.5 Å². The molecule has 4 nitrogen and oxygen atoms in total. The maximum absolute atomic E-state index is 14.4. The molecule has 0 saturated carbocycles. The SMILES string of the molecule is CCC[C@H]1C[C@]2(C(C)Cc3cc(F)c(OC)cc3F)OCOC2=CC1=O. The van der Waals surface area contributed by atoms with Crippen LogP contribution in [0.3, 0.4) is 0 Å². The molecule has 26 heavy (non-hydrogen) atoms. The minimum atomic E-state index is -0.767. The summed E-state index contributed by atoms with van der Waals surface area (Å²) in [6.07, 6.45) is 3.96. The molecule has 1 unspecified atom stereocenters. The lowest BCUT2D eigenvalue weighted by molar-refractivity contribution is -0.123. The molecule has 0 aromatic heterocycles. The van der Waals surface area contributed by atoms with Gasteiger partial charge in [0.15, 0.2) is 24.1 Å². The first kappa shape index (κ1) is 18.8. The summed E-state index contributed by atoms with van der Waals surface area (Å²) >= 11 is 0. The number of allylic oxidation sites excluding steroid dienone is 1. The third kappa shape index (κ3) is 3.22. The zero-order valence-electron chi connectivity index (χ0n) is 15.3. The van der Waals surface area contributed by atoms with E-state index in [-0.39, 0.29) is 42.1 Å². The monoisotopic (exact) mass is 366 g/mol. The number of halogens is 2. The molecule has 142 valence electrons. The summed E-state index contributed by atoms with van der Waals surface area (Å²) in [5, 5.41) is 0. The molecule has 0 amide bonds. The largest absolute Gasteiger partial charge is 0.494 e. The molecule has 2 aliphatic rings. The van der Waals surface area contributed by atoms with Gasteiger partial charge in [0.2, 0.25) is 0 Å². The van der Waals surface area contributed by atoms with Gasteiger partial charge in [0.25, 0.3) is 0 Å². The van der Waals surface area contributed by atoms with Gasteiger partial charge in [0.05, 0.1) is 7.11 Å². The summed E-state index contributed by atoms with van der Waals surface area (Å²) in [4.78, 5) is 12.3. The van der Waals surface area contributed by atoms with Crippen molar-refractivity contribution < 1.29 is 27.8 Å². The van der Waals surface area contributed by atoms with Crippen molar-refractivity contribution in [3.8, 4) is 5.75 Å². The zero-order valence-corrected chi connectivity index (χ0v) is 15.3. The predicted octanol–water partition coefficient (Wildman–Crippen LogP) is 4.17. The maximum atomic E-state index is 14.4. The quantitative estimate of drug-likeness (QED) is 0.758. The van der Waals surface area contributed by atoms with Crippen molar-refractivity contribution in [3.63, 3.8) is 0 Å². The van der Waals surface area contributed by atoms with E-state index in [1.54, 1.807) is 0 Å². The van der Waals surface area contributed by atoms with Gasteiger partial charge in [0.1, 0.15) is 17.2 Å². The fourth-order valence-electron chi connectivity index (χ4n) is 3.98. The molecular weight excluding hydrogens is 342 g/mol. The molecule has 0 N–H and O–H groups in total. The van der Waals surface area contributed by atoms with E-state index in [2.05, 4.69) is 0 Å². The van der Waals surface area contributed by atoms with Crippen molar-refractivity contribution in [3.05, 3.63) is 41.2 Å². The topological polar surface area (TPSA) is 44.8 Å². The first-order valence-corrected chi connectivity index (χ1v) is 8.96. The second kappa shape index (κ2) is 7.35. The van der Waals surface area contributed by atoms with E-state index in [9.17, 15) is 13.6 Å². The van der Waals surface area contributed by atoms with Crippen LogP contribution in [0.1, 0.15) is 38.7 Å². The summed E-state index contributed by atoms with van der Waals surface area (Å²) in [5.41, 5.74) is -0.514. The Balaban J connectivity index is 1.88. The molecule has 0 radical (unpaired) electrons. The highest BCUT2D eigenvalue weighted by atomic mass is 19.1. The smallest absolute Gasteiger partial charge is 0.189 e. The Bertz CT molecular complexity index is 731. The predicted molar refractivity (Wildman–Crippen MR) is 91.7 cm³/mol. The Hall–Kier alpha value is -1.95. The number of fused-ring (bicyclic) bond motifs is 1. The molecule has 3 rings (SSSR count). The summed E-state index contributed by atoms with van der Waals surface area (Å²) in [5.74, 6) is -1.00. The van der Waals surface area contributed by atoms with Crippen LogP contribution >= 0.6 is 0 Å². The average molecular weight is 366 g/mol. The average Bonchev–Trinajstić information content (AvgIpc) is 3.02. The Labute approximate surface area is 152 Å². The molecule has 1 saturated heterocycles. The van der Waals surface area contributed by atoms with Crippen LogP contribution in [-0.2, 0) is 20.7 Å². The van der Waals surface area contributed by atoms with E-state index in [0.717, 1.165) is 25.0 Å². The third-order valence-electron chi connectivity index (χ3n) is 5.45. The normalized spacial score (nSPS) is 26.1. The van der Waals surface area contributed by atoms with E-state index < -0.39 is 17.2 Å². The molecule has 1 aliphatic heterocycles. The van der Waals surface area contributed by atoms with E-state index >= 15 is 0 Å². The highest BCUT2D eigenvalue weighted by molar-refractivity contribution is 5.93. The Morgan fingerprint density at radius 2 is 2.12 bits per heavy atom. The number of carbonyl (C=O) groups is 1. The van der Waals surface area contributed by atoms with Crippen molar-refractivity contribution >= 4 is 5.78 Å². The van der Waals surface area contributed by atoms with Crippen LogP contribution in [0.25, 0.3) is 0 Å². The molecule has 6 heteroatoms. The van der Waals surface area contributed by atoms with E-state index in [0.29, 0.717) is 12.2 Å². The van der Waals surface area contributed by atoms with Crippen LogP contribution in [0.15, 0.2) is 24.0 Å². The number of carbonyl (C=O) groups excluding carboxylic acids is 1. The molecule has 3 atom stereocenters. The molecule has 1 fully saturated rings. The number of benzene rings is 1.